The molecular formula is C60H64N12O10. The fourth-order valence-corrected chi connectivity index (χ4v) is 10.3. The van der Waals surface area contributed by atoms with Crippen LogP contribution in [-0.2, 0) is 87.0 Å². The van der Waals surface area contributed by atoms with Gasteiger partial charge in [0, 0.05) is 19.6 Å². The maximum absolute atomic E-state index is 10.2. The Bertz CT molecular complexity index is 2850. The van der Waals surface area contributed by atoms with Crippen molar-refractivity contribution in [1.82, 2.24) is 0 Å². The predicted octanol–water partition coefficient (Wildman–Crippen LogP) is 12.5. The van der Waals surface area contributed by atoms with Crippen LogP contribution in [0.3, 0.4) is 0 Å². The molecule has 0 bridgehead atoms. The standard InChI is InChI=1S/C60H64N12O10/c61-69-65-33-51-53(73-35-41-19-7-1-8-20-41)55(75-37-43-23-11-3-12-24-43)57(77-39-45-27-15-5-16-28-45)59(81-51)79-49-31-48(68-72-64)50(32-47(49)67-71-63)80-60-58(78-40-46-29-17-6-18-30-46)56(76-38-44-25-13-4-14-26-44)54(52(82-60)34-66-70-62)74-36-42-21-9-2-10-22-42/h1-30,47-60H,31-40H2/t47-,48-,49-,50-,51-,52-,53-,54-,55+,56+,57-,58-,59+,60+/m1/s1. The zero-order valence-electron chi connectivity index (χ0n) is 44.9. The molecule has 3 aliphatic rings. The number of nitrogens with zero attached hydrogens (tertiary/aromatic N) is 12. The van der Waals surface area contributed by atoms with Crippen LogP contribution in [-0.4, -0.2) is 98.8 Å². The van der Waals surface area contributed by atoms with Gasteiger partial charge in [-0.1, -0.05) is 202 Å². The third-order valence-corrected chi connectivity index (χ3v) is 14.4. The average Bonchev–Trinajstić information content (AvgIpc) is 3.54. The molecule has 0 amide bonds. The summed E-state index contributed by atoms with van der Waals surface area (Å²) in [6, 6.07) is 55.7. The molecule has 0 radical (unpaired) electrons. The second-order valence-corrected chi connectivity index (χ2v) is 19.8. The number of rotatable bonds is 28. The molecule has 2 aliphatic heterocycles. The zero-order valence-corrected chi connectivity index (χ0v) is 44.9. The fourth-order valence-electron chi connectivity index (χ4n) is 10.3. The number of benzene rings is 6. The quantitative estimate of drug-likeness (QED) is 0.0254. The van der Waals surface area contributed by atoms with Gasteiger partial charge < -0.3 is 47.4 Å². The first-order valence-corrected chi connectivity index (χ1v) is 27.1. The van der Waals surface area contributed by atoms with Gasteiger partial charge in [0.15, 0.2) is 12.6 Å². The molecule has 0 N–H and O–H groups in total. The predicted molar refractivity (Wildman–Crippen MR) is 300 cm³/mol. The van der Waals surface area contributed by atoms with E-state index in [0.29, 0.717) is 0 Å². The number of hydrogen-bond donors (Lipinski definition) is 0. The molecule has 22 nitrogen and oxygen atoms in total. The summed E-state index contributed by atoms with van der Waals surface area (Å²) in [5.74, 6) is 0. The van der Waals surface area contributed by atoms with E-state index in [4.69, 9.17) is 47.4 Å². The molecule has 424 valence electrons. The van der Waals surface area contributed by atoms with Gasteiger partial charge in [0.2, 0.25) is 0 Å². The third-order valence-electron chi connectivity index (χ3n) is 14.4. The van der Waals surface area contributed by atoms with Crippen LogP contribution >= 0.6 is 0 Å². The molecular weight excluding hydrogens is 1050 g/mol. The highest BCUT2D eigenvalue weighted by molar-refractivity contribution is 5.19. The lowest BCUT2D eigenvalue weighted by Gasteiger charge is -2.49. The molecule has 3 fully saturated rings. The van der Waals surface area contributed by atoms with Gasteiger partial charge >= 0.3 is 0 Å². The van der Waals surface area contributed by atoms with Gasteiger partial charge in [-0.25, -0.2) is 0 Å². The van der Waals surface area contributed by atoms with Crippen LogP contribution < -0.4 is 0 Å². The molecule has 6 aromatic carbocycles. The van der Waals surface area contributed by atoms with E-state index in [-0.39, 0.29) is 65.6 Å². The molecule has 2 saturated heterocycles. The minimum Gasteiger partial charge on any atom is -0.368 e. The lowest BCUT2D eigenvalue weighted by atomic mass is 9.86. The van der Waals surface area contributed by atoms with E-state index < -0.39 is 85.7 Å². The highest BCUT2D eigenvalue weighted by Crippen LogP contribution is 2.39. The van der Waals surface area contributed by atoms with E-state index in [9.17, 15) is 22.1 Å². The summed E-state index contributed by atoms with van der Waals surface area (Å²) in [5.41, 5.74) is 45.0. The monoisotopic (exact) mass is 1110 g/mol. The number of azide groups is 4. The van der Waals surface area contributed by atoms with E-state index in [2.05, 4.69) is 40.1 Å². The summed E-state index contributed by atoms with van der Waals surface area (Å²) in [4.78, 5) is 12.7. The van der Waals surface area contributed by atoms with Crippen LogP contribution in [0.15, 0.2) is 202 Å². The molecule has 22 heteroatoms. The van der Waals surface area contributed by atoms with Crippen LogP contribution in [0, 0.1) is 0 Å². The molecule has 9 rings (SSSR count). The van der Waals surface area contributed by atoms with Crippen molar-refractivity contribution in [3.63, 3.8) is 0 Å². The van der Waals surface area contributed by atoms with Crippen LogP contribution in [0.1, 0.15) is 46.2 Å². The van der Waals surface area contributed by atoms with Gasteiger partial charge in [-0.05, 0) is 68.3 Å². The molecule has 0 spiro atoms. The first-order valence-electron chi connectivity index (χ1n) is 27.1. The van der Waals surface area contributed by atoms with Gasteiger partial charge in [-0.3, -0.25) is 0 Å². The third kappa shape index (κ3) is 16.6. The SMILES string of the molecule is [N-]=[N+]=NC[C@H]1O[C@H](O[C@@H]2C[C@@H](N=[N+]=[N-])[C@H](O[C@H]3O[C@H](CN=[N+]=[N-])[C@@H](OCc4ccccc4)[C@H](OCc4ccccc4)[C@H]3OCc3ccccc3)C[C@H]2N=[N+]=[N-])[C@H](OCc2ccccc2)[C@@H](OCc2ccccc2)[C@@H]1OCc1ccccc1. The topological polar surface area (TPSA) is 287 Å². The fraction of sp³-hybridized carbons (Fsp3) is 0.400. The molecule has 14 atom stereocenters. The highest BCUT2D eigenvalue weighted by atomic mass is 16.7. The van der Waals surface area contributed by atoms with E-state index in [1.165, 1.54) is 0 Å². The minimum absolute atomic E-state index is 0.0463. The van der Waals surface area contributed by atoms with Gasteiger partial charge in [0.1, 0.15) is 36.6 Å². The minimum atomic E-state index is -1.26. The molecule has 2 heterocycles. The largest absolute Gasteiger partial charge is 0.368 e. The maximum atomic E-state index is 10.2. The highest BCUT2D eigenvalue weighted by Gasteiger charge is 2.53. The van der Waals surface area contributed by atoms with Crippen molar-refractivity contribution in [2.45, 2.75) is 138 Å². The number of ether oxygens (including phenoxy) is 10. The van der Waals surface area contributed by atoms with E-state index in [1.54, 1.807) is 0 Å². The first-order chi connectivity index (χ1) is 40.5. The van der Waals surface area contributed by atoms with E-state index in [0.717, 1.165) is 33.4 Å². The molecule has 1 saturated carbocycles. The van der Waals surface area contributed by atoms with E-state index >= 15 is 0 Å². The Kier molecular flexibility index (Phi) is 22.5. The molecule has 0 aromatic heterocycles. The van der Waals surface area contributed by atoms with Crippen molar-refractivity contribution in [2.75, 3.05) is 13.1 Å². The van der Waals surface area contributed by atoms with Crippen molar-refractivity contribution in [2.24, 2.45) is 20.5 Å². The Labute approximate surface area is 474 Å². The lowest BCUT2D eigenvalue weighted by molar-refractivity contribution is -0.340. The first kappa shape index (κ1) is 58.8. The Morgan fingerprint density at radius 3 is 0.854 bits per heavy atom. The molecule has 0 unspecified atom stereocenters. The van der Waals surface area contributed by atoms with Gasteiger partial charge in [-0.15, -0.1) is 0 Å². The van der Waals surface area contributed by atoms with Crippen LogP contribution in [0.25, 0.3) is 41.8 Å². The van der Waals surface area contributed by atoms with Crippen LogP contribution in [0.4, 0.5) is 0 Å². The van der Waals surface area contributed by atoms with Crippen molar-refractivity contribution in [3.8, 4) is 0 Å². The van der Waals surface area contributed by atoms with Crippen molar-refractivity contribution in [3.05, 3.63) is 257 Å². The molecule has 82 heavy (non-hydrogen) atoms. The Balaban J connectivity index is 1.04. The maximum Gasteiger partial charge on any atom is 0.187 e. The molecule has 1 aliphatic carbocycles. The van der Waals surface area contributed by atoms with Crippen LogP contribution in [0.2, 0.25) is 0 Å². The van der Waals surface area contributed by atoms with Crippen molar-refractivity contribution in [1.29, 1.82) is 0 Å². The molecule has 6 aromatic rings. The Hall–Kier alpha value is -7.84. The zero-order chi connectivity index (χ0) is 56.6. The van der Waals surface area contributed by atoms with Gasteiger partial charge in [0.05, 0.1) is 89.2 Å². The van der Waals surface area contributed by atoms with Crippen molar-refractivity contribution >= 4 is 0 Å². The van der Waals surface area contributed by atoms with Gasteiger partial charge in [0.25, 0.3) is 0 Å². The Morgan fingerprint density at radius 1 is 0.341 bits per heavy atom. The van der Waals surface area contributed by atoms with Crippen LogP contribution in [0.5, 0.6) is 0 Å². The second kappa shape index (κ2) is 31.4. The summed E-state index contributed by atoms with van der Waals surface area (Å²) in [6.45, 7) is 0.499. The normalized spacial score (nSPS) is 26.9. The lowest BCUT2D eigenvalue weighted by Crippen LogP contribution is -2.63. The summed E-state index contributed by atoms with van der Waals surface area (Å²) >= 11 is 0. The summed E-state index contributed by atoms with van der Waals surface area (Å²) < 4.78 is 68.3. The second-order valence-electron chi connectivity index (χ2n) is 19.8. The summed E-state index contributed by atoms with van der Waals surface area (Å²) in [7, 11) is 0. The summed E-state index contributed by atoms with van der Waals surface area (Å²) in [5, 5.41) is 16.4. The smallest absolute Gasteiger partial charge is 0.187 e. The van der Waals surface area contributed by atoms with Gasteiger partial charge in [-0.2, -0.15) is 0 Å². The number of hydrogen-bond acceptors (Lipinski definition) is 14. The summed E-state index contributed by atoms with van der Waals surface area (Å²) in [6.07, 6.45) is -12.0. The van der Waals surface area contributed by atoms with Crippen molar-refractivity contribution < 1.29 is 47.4 Å². The van der Waals surface area contributed by atoms with E-state index in [1.807, 2.05) is 182 Å². The Morgan fingerprint density at radius 2 is 0.598 bits per heavy atom. The average molecular weight is 1110 g/mol.